The maximum atomic E-state index is 12.0. The third-order valence-electron chi connectivity index (χ3n) is 3.05. The first-order valence-corrected chi connectivity index (χ1v) is 6.50. The van der Waals surface area contributed by atoms with Crippen LogP contribution in [0.15, 0.2) is 18.2 Å². The van der Waals surface area contributed by atoms with E-state index in [1.165, 1.54) is 20.0 Å². The molecule has 1 aromatic carbocycles. The fraction of sp³-hybridized carbons (Fsp3) is 0.500. The summed E-state index contributed by atoms with van der Waals surface area (Å²) in [5.74, 6) is 1.06. The molecule has 2 rings (SSSR count). The van der Waals surface area contributed by atoms with Crippen LogP contribution < -0.4 is 15.8 Å². The van der Waals surface area contributed by atoms with Crippen LogP contribution in [0.4, 0.5) is 5.69 Å². The molecule has 1 fully saturated rings. The third kappa shape index (κ3) is 4.13. The van der Waals surface area contributed by atoms with Crippen LogP contribution in [0.25, 0.3) is 0 Å². The van der Waals surface area contributed by atoms with Crippen molar-refractivity contribution in [1.29, 1.82) is 0 Å². The van der Waals surface area contributed by atoms with Crippen molar-refractivity contribution < 1.29 is 14.3 Å². The quantitative estimate of drug-likeness (QED) is 0.577. The Balaban J connectivity index is 1.79. The number of nitrogens with one attached hydrogen (secondary N) is 1. The molecule has 3 N–H and O–H groups in total. The van der Waals surface area contributed by atoms with Crippen LogP contribution in [-0.2, 0) is 4.74 Å². The van der Waals surface area contributed by atoms with Crippen molar-refractivity contribution in [1.82, 2.24) is 5.32 Å². The van der Waals surface area contributed by atoms with Crippen LogP contribution in [0.2, 0.25) is 0 Å². The number of ether oxygens (including phenoxy) is 2. The summed E-state index contributed by atoms with van der Waals surface area (Å²) < 4.78 is 10.6. The van der Waals surface area contributed by atoms with Crippen molar-refractivity contribution in [2.45, 2.75) is 12.8 Å². The number of hydrogen-bond donors (Lipinski definition) is 2. The second-order valence-corrected chi connectivity index (χ2v) is 4.73. The Hall–Kier alpha value is -1.75. The summed E-state index contributed by atoms with van der Waals surface area (Å²) in [4.78, 5) is 12.0. The molecule has 1 aromatic rings. The minimum Gasteiger partial charge on any atom is -0.496 e. The zero-order valence-corrected chi connectivity index (χ0v) is 11.1. The molecule has 1 aliphatic carbocycles. The van der Waals surface area contributed by atoms with Gasteiger partial charge in [-0.25, -0.2) is 0 Å². The molecule has 5 nitrogen and oxygen atoms in total. The van der Waals surface area contributed by atoms with E-state index < -0.39 is 0 Å². The van der Waals surface area contributed by atoms with E-state index in [1.54, 1.807) is 18.2 Å². The highest BCUT2D eigenvalue weighted by molar-refractivity contribution is 5.97. The molecule has 0 saturated heterocycles. The fourth-order valence-electron chi connectivity index (χ4n) is 1.77. The Labute approximate surface area is 113 Å². The molecule has 0 heterocycles. The molecule has 0 bridgehead atoms. The Morgan fingerprint density at radius 2 is 2.26 bits per heavy atom. The zero-order chi connectivity index (χ0) is 13.7. The fourth-order valence-corrected chi connectivity index (χ4v) is 1.77. The van der Waals surface area contributed by atoms with E-state index in [1.807, 2.05) is 0 Å². The Bertz CT molecular complexity index is 444. The van der Waals surface area contributed by atoms with Crippen molar-refractivity contribution in [3.05, 3.63) is 23.8 Å². The lowest BCUT2D eigenvalue weighted by Crippen LogP contribution is -2.28. The van der Waals surface area contributed by atoms with Gasteiger partial charge in [0.05, 0.1) is 19.3 Å². The highest BCUT2D eigenvalue weighted by atomic mass is 16.5. The maximum Gasteiger partial charge on any atom is 0.255 e. The normalized spacial score (nSPS) is 14.2. The summed E-state index contributed by atoms with van der Waals surface area (Å²) in [6.45, 7) is 1.83. The van der Waals surface area contributed by atoms with Gasteiger partial charge in [0.25, 0.3) is 5.91 Å². The van der Waals surface area contributed by atoms with Crippen molar-refractivity contribution in [2.75, 3.05) is 32.6 Å². The summed E-state index contributed by atoms with van der Waals surface area (Å²) in [5, 5.41) is 2.80. The Kier molecular flexibility index (Phi) is 4.63. The second kappa shape index (κ2) is 6.43. The van der Waals surface area contributed by atoms with Crippen molar-refractivity contribution in [3.63, 3.8) is 0 Å². The van der Waals surface area contributed by atoms with Crippen LogP contribution in [0, 0.1) is 5.92 Å². The van der Waals surface area contributed by atoms with Crippen molar-refractivity contribution >= 4 is 11.6 Å². The van der Waals surface area contributed by atoms with Crippen LogP contribution in [0.1, 0.15) is 23.2 Å². The van der Waals surface area contributed by atoms with Gasteiger partial charge in [0, 0.05) is 18.8 Å². The second-order valence-electron chi connectivity index (χ2n) is 4.73. The molecule has 19 heavy (non-hydrogen) atoms. The van der Waals surface area contributed by atoms with E-state index in [0.29, 0.717) is 30.2 Å². The first kappa shape index (κ1) is 13.7. The molecular weight excluding hydrogens is 244 g/mol. The van der Waals surface area contributed by atoms with Gasteiger partial charge in [-0.1, -0.05) is 0 Å². The van der Waals surface area contributed by atoms with E-state index in [2.05, 4.69) is 5.32 Å². The van der Waals surface area contributed by atoms with E-state index in [-0.39, 0.29) is 5.91 Å². The largest absolute Gasteiger partial charge is 0.496 e. The van der Waals surface area contributed by atoms with Crippen LogP contribution >= 0.6 is 0 Å². The number of carbonyl (C=O) groups is 1. The predicted octanol–water partition coefficient (Wildman–Crippen LogP) is 1.43. The molecular formula is C14H20N2O3. The van der Waals surface area contributed by atoms with E-state index in [0.717, 1.165) is 12.5 Å². The van der Waals surface area contributed by atoms with Crippen LogP contribution in [0.3, 0.4) is 0 Å². The number of nitrogen functional groups attached to an aromatic ring is 1. The lowest BCUT2D eigenvalue weighted by atomic mass is 10.1. The number of benzene rings is 1. The molecule has 104 valence electrons. The van der Waals surface area contributed by atoms with Gasteiger partial charge < -0.3 is 20.5 Å². The molecule has 1 aliphatic rings. The van der Waals surface area contributed by atoms with Crippen molar-refractivity contribution in [2.24, 2.45) is 5.92 Å². The molecule has 1 amide bonds. The van der Waals surface area contributed by atoms with E-state index >= 15 is 0 Å². The van der Waals surface area contributed by atoms with Gasteiger partial charge in [0.1, 0.15) is 5.75 Å². The first-order valence-electron chi connectivity index (χ1n) is 6.50. The summed E-state index contributed by atoms with van der Waals surface area (Å²) in [5.41, 5.74) is 6.66. The molecule has 0 atom stereocenters. The SMILES string of the molecule is COc1ccc(N)cc1C(=O)NCCOCC1CC1. The molecule has 0 aliphatic heterocycles. The minimum atomic E-state index is -0.195. The topological polar surface area (TPSA) is 73.6 Å². The number of hydrogen-bond acceptors (Lipinski definition) is 4. The van der Waals surface area contributed by atoms with Crippen LogP contribution in [0.5, 0.6) is 5.75 Å². The molecule has 0 aromatic heterocycles. The zero-order valence-electron chi connectivity index (χ0n) is 11.1. The van der Waals surface area contributed by atoms with Gasteiger partial charge in [-0.15, -0.1) is 0 Å². The number of nitrogens with two attached hydrogens (primary N) is 1. The average molecular weight is 264 g/mol. The van der Waals surface area contributed by atoms with Gasteiger partial charge in [0.15, 0.2) is 0 Å². The Morgan fingerprint density at radius 1 is 1.47 bits per heavy atom. The lowest BCUT2D eigenvalue weighted by molar-refractivity contribution is 0.0904. The number of amides is 1. The van der Waals surface area contributed by atoms with Gasteiger partial charge in [0.2, 0.25) is 0 Å². The summed E-state index contributed by atoms with van der Waals surface area (Å²) in [6.07, 6.45) is 2.54. The molecule has 0 radical (unpaired) electrons. The lowest BCUT2D eigenvalue weighted by Gasteiger charge is -2.10. The summed E-state index contributed by atoms with van der Waals surface area (Å²) in [7, 11) is 1.53. The first-order chi connectivity index (χ1) is 9.20. The number of rotatable bonds is 7. The molecule has 0 spiro atoms. The van der Waals surface area contributed by atoms with Crippen LogP contribution in [-0.4, -0.2) is 32.8 Å². The maximum absolute atomic E-state index is 12.0. The Morgan fingerprint density at radius 3 is 2.95 bits per heavy atom. The number of anilines is 1. The average Bonchev–Trinajstić information content (AvgIpc) is 3.22. The number of carbonyl (C=O) groups excluding carboxylic acids is 1. The van der Waals surface area contributed by atoms with Gasteiger partial charge >= 0.3 is 0 Å². The van der Waals surface area contributed by atoms with Gasteiger partial charge in [-0.3, -0.25) is 4.79 Å². The smallest absolute Gasteiger partial charge is 0.255 e. The summed E-state index contributed by atoms with van der Waals surface area (Å²) >= 11 is 0. The standard InChI is InChI=1S/C14H20N2O3/c1-18-13-5-4-11(15)8-12(13)14(17)16-6-7-19-9-10-2-3-10/h4-5,8,10H,2-3,6-7,9,15H2,1H3,(H,16,17). The third-order valence-corrected chi connectivity index (χ3v) is 3.05. The highest BCUT2D eigenvalue weighted by Gasteiger charge is 2.21. The molecule has 0 unspecified atom stereocenters. The van der Waals surface area contributed by atoms with E-state index in [9.17, 15) is 4.79 Å². The van der Waals surface area contributed by atoms with Gasteiger partial charge in [-0.2, -0.15) is 0 Å². The molecule has 1 saturated carbocycles. The molecule has 5 heteroatoms. The predicted molar refractivity (Wildman–Crippen MR) is 73.3 cm³/mol. The van der Waals surface area contributed by atoms with Gasteiger partial charge in [-0.05, 0) is 37.0 Å². The van der Waals surface area contributed by atoms with Crippen molar-refractivity contribution in [3.8, 4) is 5.75 Å². The highest BCUT2D eigenvalue weighted by Crippen LogP contribution is 2.28. The van der Waals surface area contributed by atoms with E-state index in [4.69, 9.17) is 15.2 Å². The summed E-state index contributed by atoms with van der Waals surface area (Å²) in [6, 6.07) is 5.00. The number of methoxy groups -OCH3 is 1. The monoisotopic (exact) mass is 264 g/mol. The minimum absolute atomic E-state index is 0.195.